The van der Waals surface area contributed by atoms with Crippen molar-refractivity contribution in [2.45, 2.75) is 32.1 Å². The molecule has 0 saturated heterocycles. The number of hydrogen-bond acceptors (Lipinski definition) is 2. The topological polar surface area (TPSA) is 46.2 Å². The molecule has 14 heavy (non-hydrogen) atoms. The van der Waals surface area contributed by atoms with Crippen molar-refractivity contribution in [3.05, 3.63) is 29.8 Å². The first-order valence-electron chi connectivity index (χ1n) is 5.18. The molecule has 0 fully saturated rings. The Morgan fingerprint density at radius 1 is 1.14 bits per heavy atom. The largest absolute Gasteiger partial charge is 0.508 e. The molecule has 0 aliphatic rings. The average molecular weight is 193 g/mol. The standard InChI is InChI=1S/C12H19NO/c1-3-12(4-2,9-13)10-5-7-11(14)8-6-10/h5-8,14H,3-4,9,13H2,1-2H3. The molecule has 2 nitrogen and oxygen atoms in total. The van der Waals surface area contributed by atoms with Crippen molar-refractivity contribution < 1.29 is 5.11 Å². The first-order valence-corrected chi connectivity index (χ1v) is 5.18. The molecule has 1 aromatic rings. The SMILES string of the molecule is CCC(CC)(CN)c1ccc(O)cc1. The van der Waals surface area contributed by atoms with Crippen molar-refractivity contribution in [2.75, 3.05) is 6.54 Å². The Hall–Kier alpha value is -1.02. The molecule has 0 spiro atoms. The lowest BCUT2D eigenvalue weighted by atomic mass is 9.76. The smallest absolute Gasteiger partial charge is 0.115 e. The lowest BCUT2D eigenvalue weighted by Crippen LogP contribution is -2.33. The predicted octanol–water partition coefficient (Wildman–Crippen LogP) is 2.41. The van der Waals surface area contributed by atoms with Crippen LogP contribution in [0.25, 0.3) is 0 Å². The summed E-state index contributed by atoms with van der Waals surface area (Å²) in [5, 5.41) is 9.21. The normalized spacial score (nSPS) is 11.6. The van der Waals surface area contributed by atoms with Gasteiger partial charge in [-0.15, -0.1) is 0 Å². The van der Waals surface area contributed by atoms with Crippen LogP contribution in [0.1, 0.15) is 32.3 Å². The fourth-order valence-electron chi connectivity index (χ4n) is 1.88. The highest BCUT2D eigenvalue weighted by atomic mass is 16.3. The molecular weight excluding hydrogens is 174 g/mol. The van der Waals surface area contributed by atoms with Gasteiger partial charge in [-0.3, -0.25) is 0 Å². The molecule has 0 amide bonds. The minimum absolute atomic E-state index is 0.0771. The highest BCUT2D eigenvalue weighted by Crippen LogP contribution is 2.31. The number of phenolic OH excluding ortho intramolecular Hbond substituents is 1. The van der Waals surface area contributed by atoms with Crippen LogP contribution in [0.5, 0.6) is 5.75 Å². The van der Waals surface area contributed by atoms with Gasteiger partial charge in [0.1, 0.15) is 5.75 Å². The number of benzene rings is 1. The van der Waals surface area contributed by atoms with Gasteiger partial charge in [0.2, 0.25) is 0 Å². The van der Waals surface area contributed by atoms with Gasteiger partial charge in [-0.2, -0.15) is 0 Å². The zero-order valence-electron chi connectivity index (χ0n) is 8.96. The fraction of sp³-hybridized carbons (Fsp3) is 0.500. The molecule has 0 aliphatic heterocycles. The Bertz CT molecular complexity index is 267. The second kappa shape index (κ2) is 4.47. The first kappa shape index (κ1) is 11.1. The summed E-state index contributed by atoms with van der Waals surface area (Å²) in [7, 11) is 0. The maximum absolute atomic E-state index is 9.21. The third-order valence-corrected chi connectivity index (χ3v) is 3.22. The zero-order chi connectivity index (χ0) is 10.6. The van der Waals surface area contributed by atoms with Gasteiger partial charge in [-0.05, 0) is 30.5 Å². The number of hydrogen-bond donors (Lipinski definition) is 2. The second-order valence-electron chi connectivity index (χ2n) is 3.74. The van der Waals surface area contributed by atoms with E-state index in [0.29, 0.717) is 12.3 Å². The summed E-state index contributed by atoms with van der Waals surface area (Å²) in [6, 6.07) is 7.39. The number of phenols is 1. The Balaban J connectivity index is 3.05. The molecule has 1 rings (SSSR count). The van der Waals surface area contributed by atoms with Crippen molar-refractivity contribution in [3.8, 4) is 5.75 Å². The van der Waals surface area contributed by atoms with Crippen LogP contribution in [0, 0.1) is 0 Å². The number of rotatable bonds is 4. The van der Waals surface area contributed by atoms with Gasteiger partial charge in [0, 0.05) is 12.0 Å². The molecule has 2 heteroatoms. The van der Waals surface area contributed by atoms with E-state index in [1.54, 1.807) is 12.1 Å². The van der Waals surface area contributed by atoms with Crippen molar-refractivity contribution in [3.63, 3.8) is 0 Å². The van der Waals surface area contributed by atoms with Gasteiger partial charge in [-0.1, -0.05) is 26.0 Å². The van der Waals surface area contributed by atoms with Crippen molar-refractivity contribution in [1.82, 2.24) is 0 Å². The van der Waals surface area contributed by atoms with Crippen LogP contribution < -0.4 is 5.73 Å². The first-order chi connectivity index (χ1) is 6.68. The summed E-state index contributed by atoms with van der Waals surface area (Å²) in [6.45, 7) is 4.97. The highest BCUT2D eigenvalue weighted by Gasteiger charge is 2.26. The molecule has 0 atom stereocenters. The van der Waals surface area contributed by atoms with E-state index in [-0.39, 0.29) is 5.41 Å². The van der Waals surface area contributed by atoms with E-state index in [9.17, 15) is 5.11 Å². The van der Waals surface area contributed by atoms with Crippen LogP contribution >= 0.6 is 0 Å². The number of nitrogens with two attached hydrogens (primary N) is 1. The molecule has 0 unspecified atom stereocenters. The molecule has 1 aromatic carbocycles. The monoisotopic (exact) mass is 193 g/mol. The Kier molecular flexibility index (Phi) is 3.53. The molecule has 3 N–H and O–H groups in total. The summed E-state index contributed by atoms with van der Waals surface area (Å²) in [5.41, 5.74) is 7.14. The quantitative estimate of drug-likeness (QED) is 0.771. The predicted molar refractivity (Wildman–Crippen MR) is 59.4 cm³/mol. The molecule has 0 saturated carbocycles. The Labute approximate surface area is 85.8 Å². The van der Waals surface area contributed by atoms with Gasteiger partial charge in [0.25, 0.3) is 0 Å². The summed E-state index contributed by atoms with van der Waals surface area (Å²) < 4.78 is 0. The van der Waals surface area contributed by atoms with Gasteiger partial charge in [0.15, 0.2) is 0 Å². The van der Waals surface area contributed by atoms with Crippen LogP contribution in [0.15, 0.2) is 24.3 Å². The van der Waals surface area contributed by atoms with E-state index in [1.807, 2.05) is 12.1 Å². The van der Waals surface area contributed by atoms with E-state index in [2.05, 4.69) is 13.8 Å². The maximum Gasteiger partial charge on any atom is 0.115 e. The Morgan fingerprint density at radius 3 is 2.00 bits per heavy atom. The fourth-order valence-corrected chi connectivity index (χ4v) is 1.88. The highest BCUT2D eigenvalue weighted by molar-refractivity contribution is 5.31. The van der Waals surface area contributed by atoms with Crippen LogP contribution in [0.2, 0.25) is 0 Å². The molecule has 0 aromatic heterocycles. The third-order valence-electron chi connectivity index (χ3n) is 3.22. The summed E-state index contributed by atoms with van der Waals surface area (Å²) in [4.78, 5) is 0. The van der Waals surface area contributed by atoms with E-state index in [1.165, 1.54) is 5.56 Å². The van der Waals surface area contributed by atoms with E-state index in [0.717, 1.165) is 12.8 Å². The molecule has 0 radical (unpaired) electrons. The lowest BCUT2D eigenvalue weighted by Gasteiger charge is -2.30. The van der Waals surface area contributed by atoms with Crippen molar-refractivity contribution >= 4 is 0 Å². The molecular formula is C12H19NO. The summed E-state index contributed by atoms with van der Waals surface area (Å²) in [5.74, 6) is 0.312. The molecule has 0 heterocycles. The van der Waals surface area contributed by atoms with Crippen LogP contribution in [0.3, 0.4) is 0 Å². The zero-order valence-corrected chi connectivity index (χ0v) is 8.96. The van der Waals surface area contributed by atoms with E-state index in [4.69, 9.17) is 5.73 Å². The molecule has 0 aliphatic carbocycles. The molecule has 0 bridgehead atoms. The van der Waals surface area contributed by atoms with Gasteiger partial charge >= 0.3 is 0 Å². The van der Waals surface area contributed by atoms with Crippen LogP contribution in [-0.4, -0.2) is 11.7 Å². The lowest BCUT2D eigenvalue weighted by molar-refractivity contribution is 0.405. The van der Waals surface area contributed by atoms with Gasteiger partial charge in [0.05, 0.1) is 0 Å². The number of aromatic hydroxyl groups is 1. The summed E-state index contributed by atoms with van der Waals surface area (Å²) >= 11 is 0. The summed E-state index contributed by atoms with van der Waals surface area (Å²) in [6.07, 6.45) is 2.07. The second-order valence-corrected chi connectivity index (χ2v) is 3.74. The van der Waals surface area contributed by atoms with Crippen LogP contribution in [0.4, 0.5) is 0 Å². The minimum Gasteiger partial charge on any atom is -0.508 e. The van der Waals surface area contributed by atoms with Crippen molar-refractivity contribution in [2.24, 2.45) is 5.73 Å². The minimum atomic E-state index is 0.0771. The maximum atomic E-state index is 9.21. The molecule has 78 valence electrons. The van der Waals surface area contributed by atoms with E-state index < -0.39 is 0 Å². The Morgan fingerprint density at radius 2 is 1.64 bits per heavy atom. The van der Waals surface area contributed by atoms with E-state index >= 15 is 0 Å². The van der Waals surface area contributed by atoms with Gasteiger partial charge in [-0.25, -0.2) is 0 Å². The van der Waals surface area contributed by atoms with Gasteiger partial charge < -0.3 is 10.8 Å². The third kappa shape index (κ3) is 1.90. The van der Waals surface area contributed by atoms with Crippen LogP contribution in [-0.2, 0) is 5.41 Å². The average Bonchev–Trinajstić information content (AvgIpc) is 2.24. The van der Waals surface area contributed by atoms with Crippen molar-refractivity contribution in [1.29, 1.82) is 0 Å².